The van der Waals surface area contributed by atoms with Gasteiger partial charge in [-0.25, -0.2) is 12.8 Å². The molecule has 0 atom stereocenters. The third-order valence-electron chi connectivity index (χ3n) is 2.27. The minimum Gasteiger partial charge on any atom is -0.392 e. The van der Waals surface area contributed by atoms with Crippen LogP contribution in [0.2, 0.25) is 0 Å². The average Bonchev–Trinajstić information content (AvgIpc) is 2.81. The predicted molar refractivity (Wildman–Crippen MR) is 67.5 cm³/mol. The van der Waals surface area contributed by atoms with Crippen LogP contribution >= 0.6 is 11.3 Å². The first-order valence-corrected chi connectivity index (χ1v) is 7.40. The van der Waals surface area contributed by atoms with E-state index in [0.717, 1.165) is 18.2 Å². The van der Waals surface area contributed by atoms with Gasteiger partial charge in [0.15, 0.2) is 0 Å². The molecule has 1 aromatic heterocycles. The third kappa shape index (κ3) is 2.69. The van der Waals surface area contributed by atoms with Gasteiger partial charge in [-0.15, -0.1) is 0 Å². The summed E-state index contributed by atoms with van der Waals surface area (Å²) in [4.78, 5) is -0.0841. The zero-order valence-corrected chi connectivity index (χ0v) is 10.8. The van der Waals surface area contributed by atoms with Gasteiger partial charge in [0.25, 0.3) is 10.0 Å². The van der Waals surface area contributed by atoms with Gasteiger partial charge in [0.2, 0.25) is 0 Å². The zero-order valence-electron chi connectivity index (χ0n) is 9.13. The van der Waals surface area contributed by atoms with E-state index in [2.05, 4.69) is 4.72 Å². The van der Waals surface area contributed by atoms with Crippen molar-refractivity contribution in [3.8, 4) is 0 Å². The van der Waals surface area contributed by atoms with Gasteiger partial charge in [0.1, 0.15) is 5.82 Å². The van der Waals surface area contributed by atoms with Gasteiger partial charge in [-0.2, -0.15) is 11.3 Å². The number of hydrogen-bond donors (Lipinski definition) is 2. The van der Waals surface area contributed by atoms with Crippen LogP contribution in [0.25, 0.3) is 0 Å². The van der Waals surface area contributed by atoms with Crippen molar-refractivity contribution < 1.29 is 17.9 Å². The molecule has 0 fully saturated rings. The molecule has 0 spiro atoms. The number of thiophene rings is 1. The molecule has 0 aliphatic carbocycles. The molecular formula is C11H10FNO3S2. The molecule has 0 radical (unpaired) electrons. The quantitative estimate of drug-likeness (QED) is 0.905. The molecule has 4 nitrogen and oxygen atoms in total. The van der Waals surface area contributed by atoms with E-state index in [1.165, 1.54) is 11.3 Å². The Labute approximate surface area is 108 Å². The largest absolute Gasteiger partial charge is 0.392 e. The van der Waals surface area contributed by atoms with Crippen molar-refractivity contribution in [2.75, 3.05) is 4.72 Å². The summed E-state index contributed by atoms with van der Waals surface area (Å²) >= 11 is 1.36. The van der Waals surface area contributed by atoms with Crippen LogP contribution in [0.3, 0.4) is 0 Å². The van der Waals surface area contributed by atoms with E-state index in [9.17, 15) is 12.8 Å². The maximum Gasteiger partial charge on any atom is 0.261 e. The van der Waals surface area contributed by atoms with Gasteiger partial charge < -0.3 is 5.11 Å². The summed E-state index contributed by atoms with van der Waals surface area (Å²) in [6.45, 7) is -0.548. The fourth-order valence-corrected chi connectivity index (χ4v) is 3.14. The van der Waals surface area contributed by atoms with Crippen LogP contribution < -0.4 is 4.72 Å². The standard InChI is InChI=1S/C11H10FNO3S2/c12-11-2-1-10(5-8(11)6-14)18(15,16)13-9-3-4-17-7-9/h1-5,7,13-14H,6H2. The molecule has 0 bridgehead atoms. The van der Waals surface area contributed by atoms with Crippen LogP contribution in [-0.2, 0) is 16.6 Å². The Hall–Kier alpha value is -1.44. The summed E-state index contributed by atoms with van der Waals surface area (Å²) in [6.07, 6.45) is 0. The summed E-state index contributed by atoms with van der Waals surface area (Å²) in [5.74, 6) is -0.632. The highest BCUT2D eigenvalue weighted by atomic mass is 32.2. The lowest BCUT2D eigenvalue weighted by Gasteiger charge is -2.07. The fraction of sp³-hybridized carbons (Fsp3) is 0.0909. The first-order chi connectivity index (χ1) is 8.53. The minimum absolute atomic E-state index is 0.0526. The van der Waals surface area contributed by atoms with Crippen molar-refractivity contribution >= 4 is 27.0 Å². The monoisotopic (exact) mass is 287 g/mol. The summed E-state index contributed by atoms with van der Waals surface area (Å²) in [7, 11) is -3.75. The van der Waals surface area contributed by atoms with Crippen LogP contribution in [0.1, 0.15) is 5.56 Å². The summed E-state index contributed by atoms with van der Waals surface area (Å²) in [5.41, 5.74) is 0.401. The van der Waals surface area contributed by atoms with E-state index in [1.807, 2.05) is 0 Å². The van der Waals surface area contributed by atoms with E-state index >= 15 is 0 Å². The number of aliphatic hydroxyl groups is 1. The Morgan fingerprint density at radius 2 is 2.11 bits per heavy atom. The van der Waals surface area contributed by atoms with Crippen molar-refractivity contribution in [1.29, 1.82) is 0 Å². The second-order valence-electron chi connectivity index (χ2n) is 3.53. The highest BCUT2D eigenvalue weighted by molar-refractivity contribution is 7.92. The average molecular weight is 287 g/mol. The number of rotatable bonds is 4. The van der Waals surface area contributed by atoms with Gasteiger partial charge in [-0.1, -0.05) is 0 Å². The Morgan fingerprint density at radius 3 is 2.72 bits per heavy atom. The van der Waals surface area contributed by atoms with E-state index in [1.54, 1.807) is 16.8 Å². The summed E-state index contributed by atoms with van der Waals surface area (Å²) in [6, 6.07) is 4.92. The van der Waals surface area contributed by atoms with Gasteiger partial charge in [0.05, 0.1) is 17.2 Å². The lowest BCUT2D eigenvalue weighted by molar-refractivity contribution is 0.275. The van der Waals surface area contributed by atoms with Crippen molar-refractivity contribution in [1.82, 2.24) is 0 Å². The van der Waals surface area contributed by atoms with Crippen LogP contribution in [-0.4, -0.2) is 13.5 Å². The van der Waals surface area contributed by atoms with Crippen molar-refractivity contribution in [3.63, 3.8) is 0 Å². The molecule has 7 heteroatoms. The first kappa shape index (κ1) is 13.0. The molecule has 0 saturated heterocycles. The number of anilines is 1. The molecule has 1 heterocycles. The van der Waals surface area contributed by atoms with Crippen LogP contribution in [0, 0.1) is 5.82 Å². The van der Waals surface area contributed by atoms with Crippen LogP contribution in [0.15, 0.2) is 39.9 Å². The lowest BCUT2D eigenvalue weighted by atomic mass is 10.2. The molecular weight excluding hydrogens is 277 g/mol. The minimum atomic E-state index is -3.75. The molecule has 0 aliphatic rings. The number of benzene rings is 1. The Kier molecular flexibility index (Phi) is 3.65. The second-order valence-corrected chi connectivity index (χ2v) is 5.99. The Bertz CT molecular complexity index is 638. The Morgan fingerprint density at radius 1 is 1.33 bits per heavy atom. The lowest BCUT2D eigenvalue weighted by Crippen LogP contribution is -2.13. The molecule has 1 aromatic carbocycles. The van der Waals surface area contributed by atoms with E-state index in [4.69, 9.17) is 5.11 Å². The first-order valence-electron chi connectivity index (χ1n) is 4.97. The number of nitrogens with one attached hydrogen (secondary N) is 1. The zero-order chi connectivity index (χ0) is 13.2. The molecule has 18 heavy (non-hydrogen) atoms. The maximum atomic E-state index is 13.2. The third-order valence-corrected chi connectivity index (χ3v) is 4.33. The molecule has 2 rings (SSSR count). The summed E-state index contributed by atoms with van der Waals surface area (Å²) < 4.78 is 39.5. The normalized spacial score (nSPS) is 11.4. The molecule has 2 N–H and O–H groups in total. The van der Waals surface area contributed by atoms with Gasteiger partial charge in [-0.05, 0) is 29.6 Å². The van der Waals surface area contributed by atoms with Crippen LogP contribution in [0.4, 0.5) is 10.1 Å². The van der Waals surface area contributed by atoms with Crippen molar-refractivity contribution in [2.24, 2.45) is 0 Å². The van der Waals surface area contributed by atoms with E-state index in [0.29, 0.717) is 5.69 Å². The fourth-order valence-electron chi connectivity index (χ4n) is 1.38. The number of sulfonamides is 1. The number of halogens is 1. The van der Waals surface area contributed by atoms with Crippen molar-refractivity contribution in [2.45, 2.75) is 11.5 Å². The molecule has 96 valence electrons. The van der Waals surface area contributed by atoms with Gasteiger partial charge >= 0.3 is 0 Å². The van der Waals surface area contributed by atoms with E-state index < -0.39 is 22.4 Å². The molecule has 0 saturated carbocycles. The number of aliphatic hydroxyl groups excluding tert-OH is 1. The maximum absolute atomic E-state index is 13.2. The molecule has 2 aromatic rings. The smallest absolute Gasteiger partial charge is 0.261 e. The highest BCUT2D eigenvalue weighted by Crippen LogP contribution is 2.20. The SMILES string of the molecule is O=S(=O)(Nc1ccsc1)c1ccc(F)c(CO)c1. The summed E-state index contributed by atoms with van der Waals surface area (Å²) in [5, 5.41) is 12.3. The van der Waals surface area contributed by atoms with Gasteiger partial charge in [0, 0.05) is 10.9 Å². The Balaban J connectivity index is 2.35. The van der Waals surface area contributed by atoms with Crippen LogP contribution in [0.5, 0.6) is 0 Å². The molecule has 0 aliphatic heterocycles. The second kappa shape index (κ2) is 5.05. The highest BCUT2D eigenvalue weighted by Gasteiger charge is 2.16. The topological polar surface area (TPSA) is 66.4 Å². The predicted octanol–water partition coefficient (Wildman–Crippen LogP) is 2.18. The number of hydrogen-bond acceptors (Lipinski definition) is 4. The van der Waals surface area contributed by atoms with Gasteiger partial charge in [-0.3, -0.25) is 4.72 Å². The van der Waals surface area contributed by atoms with E-state index in [-0.39, 0.29) is 10.5 Å². The van der Waals surface area contributed by atoms with Crippen molar-refractivity contribution in [3.05, 3.63) is 46.4 Å². The molecule has 0 amide bonds. The molecule has 0 unspecified atom stereocenters.